The lowest BCUT2D eigenvalue weighted by Gasteiger charge is -2.07. The number of aromatic amines is 1. The molecule has 0 bridgehead atoms. The zero-order valence-corrected chi connectivity index (χ0v) is 10.4. The Kier molecular flexibility index (Phi) is 3.81. The molecule has 0 aliphatic heterocycles. The summed E-state index contributed by atoms with van der Waals surface area (Å²) in [4.78, 5) is 3.29. The van der Waals surface area contributed by atoms with E-state index in [1.807, 2.05) is 31.3 Å². The van der Waals surface area contributed by atoms with Crippen molar-refractivity contribution >= 4 is 0 Å². The summed E-state index contributed by atoms with van der Waals surface area (Å²) >= 11 is 0. The summed E-state index contributed by atoms with van der Waals surface area (Å²) in [5, 5.41) is 0. The Hall–Kier alpha value is -1.77. The molecule has 1 N–H and O–H groups in total. The van der Waals surface area contributed by atoms with Crippen molar-refractivity contribution in [1.82, 2.24) is 4.98 Å². The number of H-pyrrole nitrogens is 1. The lowest BCUT2D eigenvalue weighted by atomic mass is 10.2. The molecule has 1 aromatic carbocycles. The number of hydrogen-bond donors (Lipinski definition) is 1. The molecule has 0 radical (unpaired) electrons. The standard InChI is InChI=1S/C14H18N2O/c1-3-10-16-11-9-15-14(16)12-7-5-6-8-13(12)17-4-2/h5-9,11H,3-4,10H2,1-2H3/p+1. The first kappa shape index (κ1) is 11.7. The van der Waals surface area contributed by atoms with Crippen LogP contribution in [-0.2, 0) is 6.54 Å². The number of para-hydroxylation sites is 1. The third-order valence-corrected chi connectivity index (χ3v) is 2.67. The molecule has 0 atom stereocenters. The van der Waals surface area contributed by atoms with E-state index in [0.717, 1.165) is 30.1 Å². The molecule has 0 unspecified atom stereocenters. The van der Waals surface area contributed by atoms with E-state index in [1.165, 1.54) is 0 Å². The van der Waals surface area contributed by atoms with Gasteiger partial charge in [-0.05, 0) is 25.5 Å². The topological polar surface area (TPSA) is 28.9 Å². The van der Waals surface area contributed by atoms with Crippen molar-refractivity contribution < 1.29 is 9.30 Å². The van der Waals surface area contributed by atoms with E-state index >= 15 is 0 Å². The lowest BCUT2D eigenvalue weighted by molar-refractivity contribution is -0.684. The maximum atomic E-state index is 5.66. The molecule has 2 rings (SSSR count). The largest absolute Gasteiger partial charge is 0.493 e. The van der Waals surface area contributed by atoms with Gasteiger partial charge in [0.05, 0.1) is 13.2 Å². The van der Waals surface area contributed by atoms with Gasteiger partial charge in [0, 0.05) is 0 Å². The van der Waals surface area contributed by atoms with Gasteiger partial charge in [0.15, 0.2) is 0 Å². The van der Waals surface area contributed by atoms with Crippen molar-refractivity contribution in [3.63, 3.8) is 0 Å². The monoisotopic (exact) mass is 231 g/mol. The average Bonchev–Trinajstić information content (AvgIpc) is 2.79. The molecule has 0 saturated heterocycles. The fourth-order valence-electron chi connectivity index (χ4n) is 1.97. The minimum atomic E-state index is 0.686. The highest BCUT2D eigenvalue weighted by molar-refractivity contribution is 5.61. The first-order valence-corrected chi connectivity index (χ1v) is 6.15. The molecule has 1 aromatic heterocycles. The van der Waals surface area contributed by atoms with E-state index in [2.05, 4.69) is 28.7 Å². The van der Waals surface area contributed by atoms with Crippen molar-refractivity contribution in [2.45, 2.75) is 26.8 Å². The Morgan fingerprint density at radius 1 is 1.24 bits per heavy atom. The van der Waals surface area contributed by atoms with Crippen molar-refractivity contribution in [3.8, 4) is 17.1 Å². The summed E-state index contributed by atoms with van der Waals surface area (Å²) < 4.78 is 7.88. The Labute approximate surface area is 102 Å². The zero-order valence-electron chi connectivity index (χ0n) is 10.4. The van der Waals surface area contributed by atoms with Crippen LogP contribution in [0, 0.1) is 0 Å². The van der Waals surface area contributed by atoms with Crippen LogP contribution in [0.25, 0.3) is 11.4 Å². The molecule has 3 heteroatoms. The molecule has 0 fully saturated rings. The van der Waals surface area contributed by atoms with Crippen LogP contribution < -0.4 is 9.30 Å². The number of nitrogens with zero attached hydrogens (tertiary/aromatic N) is 1. The highest BCUT2D eigenvalue weighted by atomic mass is 16.5. The van der Waals surface area contributed by atoms with Gasteiger partial charge in [0.2, 0.25) is 0 Å². The molecular weight excluding hydrogens is 212 g/mol. The smallest absolute Gasteiger partial charge is 0.290 e. The van der Waals surface area contributed by atoms with Gasteiger partial charge in [-0.2, -0.15) is 0 Å². The number of benzene rings is 1. The number of aromatic nitrogens is 2. The van der Waals surface area contributed by atoms with Gasteiger partial charge in [-0.1, -0.05) is 19.1 Å². The predicted octanol–water partition coefficient (Wildman–Crippen LogP) is 2.78. The molecule has 2 aromatic rings. The summed E-state index contributed by atoms with van der Waals surface area (Å²) in [5.74, 6) is 2.04. The second-order valence-corrected chi connectivity index (χ2v) is 3.93. The molecule has 17 heavy (non-hydrogen) atoms. The number of hydrogen-bond acceptors (Lipinski definition) is 1. The minimum absolute atomic E-state index is 0.686. The minimum Gasteiger partial charge on any atom is -0.493 e. The predicted molar refractivity (Wildman–Crippen MR) is 67.9 cm³/mol. The first-order valence-electron chi connectivity index (χ1n) is 6.15. The number of aryl methyl sites for hydroxylation is 1. The molecule has 0 spiro atoms. The molecule has 90 valence electrons. The summed E-state index contributed by atoms with van der Waals surface area (Å²) in [6.07, 6.45) is 5.15. The average molecular weight is 231 g/mol. The molecule has 0 aliphatic rings. The van der Waals surface area contributed by atoms with Gasteiger partial charge >= 0.3 is 0 Å². The lowest BCUT2D eigenvalue weighted by Crippen LogP contribution is -2.33. The third kappa shape index (κ3) is 2.49. The first-order chi connectivity index (χ1) is 8.36. The summed E-state index contributed by atoms with van der Waals surface area (Å²) in [5.41, 5.74) is 1.12. The Balaban J connectivity index is 2.41. The highest BCUT2D eigenvalue weighted by Gasteiger charge is 2.16. The number of rotatable bonds is 5. The molecule has 3 nitrogen and oxygen atoms in total. The van der Waals surface area contributed by atoms with E-state index in [-0.39, 0.29) is 0 Å². The normalized spacial score (nSPS) is 10.5. The van der Waals surface area contributed by atoms with Crippen molar-refractivity contribution in [2.24, 2.45) is 0 Å². The molecule has 0 aliphatic carbocycles. The van der Waals surface area contributed by atoms with Crippen LogP contribution in [0.2, 0.25) is 0 Å². The van der Waals surface area contributed by atoms with Gasteiger partial charge < -0.3 is 4.74 Å². The van der Waals surface area contributed by atoms with Gasteiger partial charge in [0.1, 0.15) is 23.7 Å². The van der Waals surface area contributed by atoms with Gasteiger partial charge in [0.25, 0.3) is 5.82 Å². The van der Waals surface area contributed by atoms with Crippen LogP contribution in [0.5, 0.6) is 5.75 Å². The highest BCUT2D eigenvalue weighted by Crippen LogP contribution is 2.26. The van der Waals surface area contributed by atoms with Crippen LogP contribution in [0.3, 0.4) is 0 Å². The van der Waals surface area contributed by atoms with Crippen molar-refractivity contribution in [1.29, 1.82) is 0 Å². The van der Waals surface area contributed by atoms with Gasteiger partial charge in [-0.3, -0.25) is 0 Å². The van der Waals surface area contributed by atoms with Crippen LogP contribution in [0.1, 0.15) is 20.3 Å². The van der Waals surface area contributed by atoms with E-state index in [4.69, 9.17) is 4.74 Å². The van der Waals surface area contributed by atoms with Gasteiger partial charge in [-0.15, -0.1) is 0 Å². The van der Waals surface area contributed by atoms with Crippen LogP contribution in [-0.4, -0.2) is 11.6 Å². The quantitative estimate of drug-likeness (QED) is 0.788. The molecule has 0 saturated carbocycles. The van der Waals surface area contributed by atoms with E-state index in [9.17, 15) is 0 Å². The fraction of sp³-hybridized carbons (Fsp3) is 0.357. The van der Waals surface area contributed by atoms with Crippen LogP contribution >= 0.6 is 0 Å². The number of nitrogens with one attached hydrogen (secondary N) is 1. The fourth-order valence-corrected chi connectivity index (χ4v) is 1.97. The summed E-state index contributed by atoms with van der Waals surface area (Å²) in [6.45, 7) is 5.88. The number of imidazole rings is 1. The summed E-state index contributed by atoms with van der Waals surface area (Å²) in [7, 11) is 0. The Morgan fingerprint density at radius 2 is 2.06 bits per heavy atom. The van der Waals surface area contributed by atoms with Crippen molar-refractivity contribution in [3.05, 3.63) is 36.7 Å². The maximum absolute atomic E-state index is 5.66. The second kappa shape index (κ2) is 5.53. The van der Waals surface area contributed by atoms with E-state index in [1.54, 1.807) is 0 Å². The zero-order chi connectivity index (χ0) is 12.1. The van der Waals surface area contributed by atoms with E-state index < -0.39 is 0 Å². The maximum Gasteiger partial charge on any atom is 0.290 e. The van der Waals surface area contributed by atoms with Gasteiger partial charge in [-0.25, -0.2) is 9.55 Å². The van der Waals surface area contributed by atoms with Crippen LogP contribution in [0.15, 0.2) is 36.7 Å². The molecule has 1 heterocycles. The molecular formula is C14H19N2O+. The SMILES string of the molecule is CCC[n+]1cc[nH]c1-c1ccccc1OCC. The third-order valence-electron chi connectivity index (χ3n) is 2.67. The van der Waals surface area contributed by atoms with Crippen molar-refractivity contribution in [2.75, 3.05) is 6.61 Å². The van der Waals surface area contributed by atoms with Crippen LogP contribution in [0.4, 0.5) is 0 Å². The summed E-state index contributed by atoms with van der Waals surface area (Å²) in [6, 6.07) is 8.13. The Morgan fingerprint density at radius 3 is 2.82 bits per heavy atom. The van der Waals surface area contributed by atoms with E-state index in [0.29, 0.717) is 6.61 Å². The second-order valence-electron chi connectivity index (χ2n) is 3.93. The Bertz CT molecular complexity index is 477. The molecule has 0 amide bonds. The number of ether oxygens (including phenoxy) is 1.